The van der Waals surface area contributed by atoms with Gasteiger partial charge in [-0.05, 0) is 24.3 Å². The number of benzene rings is 1. The fraction of sp³-hybridized carbons (Fsp3) is 0.167. The van der Waals surface area contributed by atoms with Crippen molar-refractivity contribution in [2.75, 3.05) is 12.3 Å². The highest BCUT2D eigenvalue weighted by molar-refractivity contribution is 5.93. The molecule has 3 N–H and O–H groups in total. The number of hydrogen-bond acceptors (Lipinski definition) is 5. The first kappa shape index (κ1) is 12.0. The minimum atomic E-state index is -1.03. The van der Waals surface area contributed by atoms with Gasteiger partial charge in [-0.2, -0.15) is 0 Å². The average molecular weight is 249 g/mol. The number of carbonyl (C=O) groups excluding carboxylic acids is 1. The molecule has 0 saturated heterocycles. The zero-order valence-electron chi connectivity index (χ0n) is 9.38. The van der Waals surface area contributed by atoms with Crippen molar-refractivity contribution in [3.8, 4) is 0 Å². The van der Waals surface area contributed by atoms with Crippen LogP contribution >= 0.6 is 0 Å². The van der Waals surface area contributed by atoms with Crippen molar-refractivity contribution < 1.29 is 23.8 Å². The molecule has 18 heavy (non-hydrogen) atoms. The minimum Gasteiger partial charge on any atom is -0.481 e. The van der Waals surface area contributed by atoms with E-state index in [9.17, 15) is 9.59 Å². The van der Waals surface area contributed by atoms with Gasteiger partial charge in [0.2, 0.25) is 5.76 Å². The molecule has 0 aliphatic rings. The van der Waals surface area contributed by atoms with Crippen LogP contribution in [0.4, 0.5) is 5.69 Å². The Bertz CT molecular complexity index is 602. The maximum Gasteiger partial charge on any atom is 0.374 e. The summed E-state index contributed by atoms with van der Waals surface area (Å²) in [5.41, 5.74) is 6.69. The average Bonchev–Trinajstić information content (AvgIpc) is 2.71. The lowest BCUT2D eigenvalue weighted by molar-refractivity contribution is -0.137. The molecule has 1 aromatic heterocycles. The number of ether oxygens (including phenoxy) is 1. The fourth-order valence-electron chi connectivity index (χ4n) is 1.46. The molecule has 0 aliphatic heterocycles. The summed E-state index contributed by atoms with van der Waals surface area (Å²) in [5, 5.41) is 9.11. The number of nitrogens with two attached hydrogens (primary N) is 1. The molecule has 0 amide bonds. The summed E-state index contributed by atoms with van der Waals surface area (Å²) in [6, 6.07) is 6.49. The quantitative estimate of drug-likeness (QED) is 0.630. The van der Waals surface area contributed by atoms with Crippen LogP contribution in [-0.4, -0.2) is 23.7 Å². The molecule has 2 aromatic rings. The molecular formula is C12H11NO5. The van der Waals surface area contributed by atoms with Crippen molar-refractivity contribution in [2.45, 2.75) is 6.42 Å². The van der Waals surface area contributed by atoms with Crippen LogP contribution in [0.5, 0.6) is 0 Å². The van der Waals surface area contributed by atoms with E-state index in [2.05, 4.69) is 0 Å². The normalized spacial score (nSPS) is 10.4. The number of fused-ring (bicyclic) bond motifs is 1. The van der Waals surface area contributed by atoms with Crippen LogP contribution in [0.3, 0.4) is 0 Å². The Balaban J connectivity index is 2.10. The van der Waals surface area contributed by atoms with Gasteiger partial charge in [0.05, 0.1) is 6.42 Å². The molecule has 1 aromatic carbocycles. The first-order chi connectivity index (χ1) is 8.56. The number of rotatable bonds is 4. The molecule has 0 fully saturated rings. The van der Waals surface area contributed by atoms with Crippen LogP contribution in [0.15, 0.2) is 28.7 Å². The molecular weight excluding hydrogens is 238 g/mol. The zero-order valence-corrected chi connectivity index (χ0v) is 9.38. The summed E-state index contributed by atoms with van der Waals surface area (Å²) in [6.07, 6.45) is -0.237. The molecule has 2 rings (SSSR count). The lowest BCUT2D eigenvalue weighted by Crippen LogP contribution is -2.08. The van der Waals surface area contributed by atoms with E-state index in [1.807, 2.05) is 0 Å². The van der Waals surface area contributed by atoms with E-state index in [1.54, 1.807) is 18.2 Å². The van der Waals surface area contributed by atoms with Crippen LogP contribution in [0, 0.1) is 0 Å². The Morgan fingerprint density at radius 1 is 1.33 bits per heavy atom. The van der Waals surface area contributed by atoms with Crippen molar-refractivity contribution in [1.82, 2.24) is 0 Å². The number of hydrogen-bond donors (Lipinski definition) is 2. The van der Waals surface area contributed by atoms with Crippen LogP contribution in [0.25, 0.3) is 11.0 Å². The maximum atomic E-state index is 11.5. The summed E-state index contributed by atoms with van der Waals surface area (Å²) >= 11 is 0. The number of anilines is 1. The second kappa shape index (κ2) is 4.79. The minimum absolute atomic E-state index is 0.0287. The van der Waals surface area contributed by atoms with Crippen molar-refractivity contribution >= 4 is 28.6 Å². The Morgan fingerprint density at radius 3 is 2.83 bits per heavy atom. The van der Waals surface area contributed by atoms with Crippen LogP contribution < -0.4 is 5.73 Å². The lowest BCUT2D eigenvalue weighted by Gasteiger charge is -1.99. The second-order valence-corrected chi connectivity index (χ2v) is 3.69. The number of nitrogen functional groups attached to an aromatic ring is 1. The van der Waals surface area contributed by atoms with Gasteiger partial charge in [-0.3, -0.25) is 4.79 Å². The lowest BCUT2D eigenvalue weighted by atomic mass is 10.2. The van der Waals surface area contributed by atoms with Gasteiger partial charge in [-0.15, -0.1) is 0 Å². The molecule has 6 heteroatoms. The van der Waals surface area contributed by atoms with E-state index in [1.165, 1.54) is 6.07 Å². The van der Waals surface area contributed by atoms with Crippen LogP contribution in [0.2, 0.25) is 0 Å². The molecule has 94 valence electrons. The van der Waals surface area contributed by atoms with Crippen molar-refractivity contribution in [3.05, 3.63) is 30.0 Å². The highest BCUT2D eigenvalue weighted by atomic mass is 16.5. The number of esters is 1. The molecule has 0 aliphatic carbocycles. The van der Waals surface area contributed by atoms with E-state index in [0.29, 0.717) is 16.7 Å². The number of carboxylic acid groups (broad SMARTS) is 1. The summed E-state index contributed by atoms with van der Waals surface area (Å²) in [6.45, 7) is -0.187. The van der Waals surface area contributed by atoms with E-state index < -0.39 is 11.9 Å². The monoisotopic (exact) mass is 249 g/mol. The Kier molecular flexibility index (Phi) is 3.18. The van der Waals surface area contributed by atoms with Crippen LogP contribution in [-0.2, 0) is 9.53 Å². The summed E-state index contributed by atoms with van der Waals surface area (Å²) in [4.78, 5) is 21.8. The molecule has 0 bridgehead atoms. The van der Waals surface area contributed by atoms with Gasteiger partial charge < -0.3 is 20.0 Å². The van der Waals surface area contributed by atoms with Crippen molar-refractivity contribution in [2.24, 2.45) is 0 Å². The molecule has 1 heterocycles. The summed E-state index contributed by atoms with van der Waals surface area (Å²) in [7, 11) is 0. The highest BCUT2D eigenvalue weighted by Crippen LogP contribution is 2.22. The molecule has 6 nitrogen and oxygen atoms in total. The maximum absolute atomic E-state index is 11.5. The predicted octanol–water partition coefficient (Wildman–Crippen LogP) is 1.65. The van der Waals surface area contributed by atoms with Crippen molar-refractivity contribution in [3.63, 3.8) is 0 Å². The number of aliphatic carboxylic acids is 1. The summed E-state index contributed by atoms with van der Waals surface area (Å²) in [5.74, 6) is -1.69. The van der Waals surface area contributed by atoms with E-state index >= 15 is 0 Å². The predicted molar refractivity (Wildman–Crippen MR) is 63.2 cm³/mol. The molecule has 0 saturated carbocycles. The van der Waals surface area contributed by atoms with Gasteiger partial charge in [0.1, 0.15) is 12.2 Å². The number of furan rings is 1. The van der Waals surface area contributed by atoms with Gasteiger partial charge in [-0.25, -0.2) is 4.79 Å². The van der Waals surface area contributed by atoms with Crippen molar-refractivity contribution in [1.29, 1.82) is 0 Å². The molecule has 0 spiro atoms. The number of carbonyl (C=O) groups is 2. The Labute approximate surface area is 102 Å². The third-order valence-corrected chi connectivity index (χ3v) is 2.29. The largest absolute Gasteiger partial charge is 0.481 e. The first-order valence-electron chi connectivity index (χ1n) is 5.24. The molecule has 0 atom stereocenters. The third kappa shape index (κ3) is 2.60. The SMILES string of the molecule is Nc1ccc2oc(C(=O)OCCC(=O)O)cc2c1. The fourth-order valence-corrected chi connectivity index (χ4v) is 1.46. The zero-order chi connectivity index (χ0) is 13.1. The van der Waals surface area contributed by atoms with Crippen LogP contribution in [0.1, 0.15) is 17.0 Å². The Hall–Kier alpha value is -2.50. The number of carboxylic acids is 1. The second-order valence-electron chi connectivity index (χ2n) is 3.69. The third-order valence-electron chi connectivity index (χ3n) is 2.29. The molecule has 0 radical (unpaired) electrons. The van der Waals surface area contributed by atoms with E-state index in [4.69, 9.17) is 20.0 Å². The van der Waals surface area contributed by atoms with Gasteiger partial charge in [0, 0.05) is 11.1 Å². The van der Waals surface area contributed by atoms with Gasteiger partial charge >= 0.3 is 11.9 Å². The standard InChI is InChI=1S/C12H11NO5/c13-8-1-2-9-7(5-8)6-10(18-9)12(16)17-4-3-11(14)15/h1-2,5-6H,3-4,13H2,(H,14,15). The first-order valence-corrected chi connectivity index (χ1v) is 5.24. The molecule has 0 unspecified atom stereocenters. The van der Waals surface area contributed by atoms with Gasteiger partial charge in [-0.1, -0.05) is 0 Å². The summed E-state index contributed by atoms with van der Waals surface area (Å²) < 4.78 is 10.0. The smallest absolute Gasteiger partial charge is 0.374 e. The van der Waals surface area contributed by atoms with Gasteiger partial charge in [0.25, 0.3) is 0 Å². The Morgan fingerprint density at radius 2 is 2.11 bits per heavy atom. The topological polar surface area (TPSA) is 103 Å². The van der Waals surface area contributed by atoms with E-state index in [-0.39, 0.29) is 18.8 Å². The van der Waals surface area contributed by atoms with Gasteiger partial charge in [0.15, 0.2) is 0 Å². The highest BCUT2D eigenvalue weighted by Gasteiger charge is 2.14. The van der Waals surface area contributed by atoms with E-state index in [0.717, 1.165) is 0 Å².